The number of hydrogen-bond acceptors (Lipinski definition) is 4. The zero-order valence-corrected chi connectivity index (χ0v) is 13.9. The average molecular weight is 322 g/mol. The van der Waals surface area contributed by atoms with Crippen LogP contribution in [0, 0.1) is 0 Å². The van der Waals surface area contributed by atoms with Gasteiger partial charge in [-0.2, -0.15) is 0 Å². The largest absolute Gasteiger partial charge is 0.465 e. The number of carbonyl (C=O) groups excluding carboxylic acids is 1. The second kappa shape index (κ2) is 7.77. The molecule has 1 aliphatic heterocycles. The molecule has 0 unspecified atom stereocenters. The number of benzene rings is 2. The van der Waals surface area contributed by atoms with Crippen molar-refractivity contribution in [2.45, 2.75) is 19.3 Å². The first-order valence-corrected chi connectivity index (χ1v) is 8.34. The van der Waals surface area contributed by atoms with E-state index in [2.05, 4.69) is 38.9 Å². The van der Waals surface area contributed by atoms with Gasteiger partial charge in [-0.15, -0.1) is 0 Å². The lowest BCUT2D eigenvalue weighted by Gasteiger charge is -2.28. The number of nitrogens with zero attached hydrogens (tertiary/aromatic N) is 2. The lowest BCUT2D eigenvalue weighted by Crippen LogP contribution is -2.29. The Morgan fingerprint density at radius 3 is 2.29 bits per heavy atom. The van der Waals surface area contributed by atoms with Gasteiger partial charge in [0.25, 0.3) is 0 Å². The molecule has 0 aliphatic carbocycles. The SMILES string of the molecule is COC(=O)c1ccc(N=Cc2ccc(N3CCCCC3)cc2)cc1. The van der Waals surface area contributed by atoms with Crippen LogP contribution < -0.4 is 4.90 Å². The van der Waals surface area contributed by atoms with E-state index in [0.29, 0.717) is 5.56 Å². The Hall–Kier alpha value is -2.62. The van der Waals surface area contributed by atoms with E-state index in [1.54, 1.807) is 12.1 Å². The Morgan fingerprint density at radius 2 is 1.67 bits per heavy atom. The van der Waals surface area contributed by atoms with E-state index < -0.39 is 0 Å². The van der Waals surface area contributed by atoms with Gasteiger partial charge in [-0.25, -0.2) is 4.79 Å². The van der Waals surface area contributed by atoms with Crippen LogP contribution in [0.25, 0.3) is 0 Å². The smallest absolute Gasteiger partial charge is 0.337 e. The normalized spacial score (nSPS) is 14.8. The van der Waals surface area contributed by atoms with Crippen molar-refractivity contribution in [3.63, 3.8) is 0 Å². The summed E-state index contributed by atoms with van der Waals surface area (Å²) >= 11 is 0. The molecule has 1 fully saturated rings. The number of methoxy groups -OCH3 is 1. The Labute approximate surface area is 142 Å². The highest BCUT2D eigenvalue weighted by Crippen LogP contribution is 2.20. The van der Waals surface area contributed by atoms with E-state index in [-0.39, 0.29) is 5.97 Å². The van der Waals surface area contributed by atoms with E-state index in [4.69, 9.17) is 0 Å². The highest BCUT2D eigenvalue weighted by molar-refractivity contribution is 5.90. The predicted octanol–water partition coefficient (Wildman–Crippen LogP) is 4.21. The van der Waals surface area contributed by atoms with Gasteiger partial charge in [0.15, 0.2) is 0 Å². The van der Waals surface area contributed by atoms with Gasteiger partial charge >= 0.3 is 5.97 Å². The fourth-order valence-electron chi connectivity index (χ4n) is 2.87. The first-order valence-electron chi connectivity index (χ1n) is 8.34. The van der Waals surface area contributed by atoms with Gasteiger partial charge in [0.05, 0.1) is 18.4 Å². The van der Waals surface area contributed by atoms with E-state index in [0.717, 1.165) is 24.3 Å². The van der Waals surface area contributed by atoms with Crippen molar-refractivity contribution in [2.75, 3.05) is 25.1 Å². The summed E-state index contributed by atoms with van der Waals surface area (Å²) in [4.78, 5) is 18.3. The van der Waals surface area contributed by atoms with Crippen LogP contribution in [0.15, 0.2) is 53.5 Å². The van der Waals surface area contributed by atoms with Crippen molar-refractivity contribution in [3.05, 3.63) is 59.7 Å². The molecule has 1 saturated heterocycles. The molecule has 3 rings (SSSR count). The van der Waals surface area contributed by atoms with Gasteiger partial charge in [0, 0.05) is 25.0 Å². The van der Waals surface area contributed by atoms with Gasteiger partial charge in [-0.1, -0.05) is 12.1 Å². The maximum absolute atomic E-state index is 11.4. The number of ether oxygens (including phenoxy) is 1. The summed E-state index contributed by atoms with van der Waals surface area (Å²) in [5.74, 6) is -0.334. The van der Waals surface area contributed by atoms with Crippen molar-refractivity contribution in [3.8, 4) is 0 Å². The first kappa shape index (κ1) is 16.2. The average Bonchev–Trinajstić information content (AvgIpc) is 2.67. The number of hydrogen-bond donors (Lipinski definition) is 0. The monoisotopic (exact) mass is 322 g/mol. The Kier molecular flexibility index (Phi) is 5.26. The number of rotatable bonds is 4. The summed E-state index contributed by atoms with van der Waals surface area (Å²) in [6.45, 7) is 2.31. The minimum Gasteiger partial charge on any atom is -0.465 e. The Bertz CT molecular complexity index is 699. The van der Waals surface area contributed by atoms with Gasteiger partial charge < -0.3 is 9.64 Å². The van der Waals surface area contributed by atoms with E-state index in [1.807, 2.05) is 18.3 Å². The van der Waals surface area contributed by atoms with E-state index in [1.165, 1.54) is 32.1 Å². The highest BCUT2D eigenvalue weighted by atomic mass is 16.5. The molecule has 24 heavy (non-hydrogen) atoms. The van der Waals surface area contributed by atoms with Crippen LogP contribution in [0.2, 0.25) is 0 Å². The molecule has 0 amide bonds. The minimum atomic E-state index is -0.334. The molecule has 2 aromatic carbocycles. The standard InChI is InChI=1S/C20H22N2O2/c1-24-20(23)17-7-9-18(10-8-17)21-15-16-5-11-19(12-6-16)22-13-3-2-4-14-22/h5-12,15H,2-4,13-14H2,1H3. The first-order chi connectivity index (χ1) is 11.8. The molecule has 124 valence electrons. The van der Waals surface area contributed by atoms with Gasteiger partial charge in [0.2, 0.25) is 0 Å². The number of aliphatic imine (C=N–C) groups is 1. The highest BCUT2D eigenvalue weighted by Gasteiger charge is 2.10. The molecule has 4 heteroatoms. The maximum atomic E-state index is 11.4. The Morgan fingerprint density at radius 1 is 1.00 bits per heavy atom. The van der Waals surface area contributed by atoms with Crippen LogP contribution in [0.3, 0.4) is 0 Å². The molecule has 1 aliphatic rings. The lowest BCUT2D eigenvalue weighted by molar-refractivity contribution is 0.0601. The molecule has 0 saturated carbocycles. The van der Waals surface area contributed by atoms with Crippen molar-refractivity contribution in [1.29, 1.82) is 0 Å². The second-order valence-electron chi connectivity index (χ2n) is 5.94. The molecule has 1 heterocycles. The predicted molar refractivity (Wildman–Crippen MR) is 97.5 cm³/mol. The van der Waals surface area contributed by atoms with E-state index in [9.17, 15) is 4.79 Å². The summed E-state index contributed by atoms with van der Waals surface area (Å²) < 4.78 is 4.69. The second-order valence-corrected chi connectivity index (χ2v) is 5.94. The van der Waals surface area contributed by atoms with Crippen molar-refractivity contribution < 1.29 is 9.53 Å². The quantitative estimate of drug-likeness (QED) is 0.625. The lowest BCUT2D eigenvalue weighted by atomic mass is 10.1. The van der Waals surface area contributed by atoms with Crippen LogP contribution in [0.4, 0.5) is 11.4 Å². The molecular weight excluding hydrogens is 300 g/mol. The minimum absolute atomic E-state index is 0.334. The maximum Gasteiger partial charge on any atom is 0.337 e. The summed E-state index contributed by atoms with van der Waals surface area (Å²) in [5.41, 5.74) is 3.69. The zero-order valence-electron chi connectivity index (χ0n) is 13.9. The fraction of sp³-hybridized carbons (Fsp3) is 0.300. The molecule has 0 N–H and O–H groups in total. The number of anilines is 1. The van der Waals surface area contributed by atoms with Crippen LogP contribution in [0.1, 0.15) is 35.2 Å². The molecule has 0 atom stereocenters. The molecule has 4 nitrogen and oxygen atoms in total. The van der Waals surface area contributed by atoms with Gasteiger partial charge in [-0.3, -0.25) is 4.99 Å². The van der Waals surface area contributed by atoms with Crippen molar-refractivity contribution in [1.82, 2.24) is 0 Å². The fourth-order valence-corrected chi connectivity index (χ4v) is 2.87. The van der Waals surface area contributed by atoms with Gasteiger partial charge in [-0.05, 0) is 61.2 Å². The molecule has 0 bridgehead atoms. The third kappa shape index (κ3) is 4.02. The zero-order chi connectivity index (χ0) is 16.8. The number of piperidine rings is 1. The van der Waals surface area contributed by atoms with Crippen LogP contribution in [-0.4, -0.2) is 32.4 Å². The molecule has 0 radical (unpaired) electrons. The van der Waals surface area contributed by atoms with Crippen molar-refractivity contribution >= 4 is 23.6 Å². The van der Waals surface area contributed by atoms with Gasteiger partial charge in [0.1, 0.15) is 0 Å². The number of carbonyl (C=O) groups is 1. The topological polar surface area (TPSA) is 41.9 Å². The van der Waals surface area contributed by atoms with E-state index >= 15 is 0 Å². The third-order valence-corrected chi connectivity index (χ3v) is 4.27. The van der Waals surface area contributed by atoms with Crippen LogP contribution in [0.5, 0.6) is 0 Å². The molecular formula is C20H22N2O2. The molecule has 0 spiro atoms. The Balaban J connectivity index is 1.64. The summed E-state index contributed by atoms with van der Waals surface area (Å²) in [6.07, 6.45) is 5.75. The summed E-state index contributed by atoms with van der Waals surface area (Å²) in [7, 11) is 1.38. The van der Waals surface area contributed by atoms with Crippen LogP contribution >= 0.6 is 0 Å². The third-order valence-electron chi connectivity index (χ3n) is 4.27. The molecule has 2 aromatic rings. The molecule has 0 aromatic heterocycles. The van der Waals surface area contributed by atoms with Crippen LogP contribution in [-0.2, 0) is 4.74 Å². The van der Waals surface area contributed by atoms with Crippen molar-refractivity contribution in [2.24, 2.45) is 4.99 Å². The summed E-state index contributed by atoms with van der Waals surface area (Å²) in [5, 5.41) is 0. The number of esters is 1. The summed E-state index contributed by atoms with van der Waals surface area (Å²) in [6, 6.07) is 15.6.